The molecule has 0 radical (unpaired) electrons. The van der Waals surface area contributed by atoms with E-state index in [4.69, 9.17) is 5.73 Å². The molecule has 0 bridgehead atoms. The summed E-state index contributed by atoms with van der Waals surface area (Å²) in [6, 6.07) is 8.39. The zero-order chi connectivity index (χ0) is 13.2. The summed E-state index contributed by atoms with van der Waals surface area (Å²) in [4.78, 5) is 8.83. The van der Waals surface area contributed by atoms with Crippen LogP contribution in [0.1, 0.15) is 11.3 Å². The molecule has 0 spiro atoms. The standard InChI is InChI=1S/C15H16N4/c1-11-3-2-4-12(7-11)13-8-17-15-18-14(5-6-16)10-19(15)9-13/h2-4,7-10H,5-6,16H2,1H3. The van der Waals surface area contributed by atoms with E-state index in [1.165, 1.54) is 11.1 Å². The highest BCUT2D eigenvalue weighted by molar-refractivity contribution is 5.63. The van der Waals surface area contributed by atoms with Crippen LogP contribution < -0.4 is 5.73 Å². The molecule has 0 saturated carbocycles. The summed E-state index contributed by atoms with van der Waals surface area (Å²) < 4.78 is 1.96. The van der Waals surface area contributed by atoms with E-state index in [2.05, 4.69) is 47.4 Å². The number of benzene rings is 1. The number of aromatic nitrogens is 3. The van der Waals surface area contributed by atoms with Gasteiger partial charge in [-0.2, -0.15) is 0 Å². The van der Waals surface area contributed by atoms with Gasteiger partial charge in [-0.3, -0.25) is 4.40 Å². The lowest BCUT2D eigenvalue weighted by atomic mass is 10.1. The van der Waals surface area contributed by atoms with Crippen molar-refractivity contribution < 1.29 is 0 Å². The van der Waals surface area contributed by atoms with Crippen molar-refractivity contribution in [1.29, 1.82) is 0 Å². The summed E-state index contributed by atoms with van der Waals surface area (Å²) in [5.41, 5.74) is 10.0. The third-order valence-electron chi connectivity index (χ3n) is 3.11. The molecule has 0 aliphatic heterocycles. The number of imidazole rings is 1. The molecule has 0 amide bonds. The average molecular weight is 252 g/mol. The second-order valence-corrected chi connectivity index (χ2v) is 4.69. The van der Waals surface area contributed by atoms with Gasteiger partial charge in [-0.25, -0.2) is 9.97 Å². The predicted octanol–water partition coefficient (Wildman–Crippen LogP) is 2.21. The summed E-state index contributed by atoms with van der Waals surface area (Å²) in [6.45, 7) is 2.70. The quantitative estimate of drug-likeness (QED) is 0.777. The Morgan fingerprint density at radius 2 is 2.11 bits per heavy atom. The fraction of sp³-hybridized carbons (Fsp3) is 0.200. The van der Waals surface area contributed by atoms with Crippen molar-refractivity contribution in [1.82, 2.24) is 14.4 Å². The minimum absolute atomic E-state index is 0.606. The second kappa shape index (κ2) is 4.82. The molecule has 0 aliphatic carbocycles. The van der Waals surface area contributed by atoms with E-state index in [1.54, 1.807) is 0 Å². The number of hydrogen-bond donors (Lipinski definition) is 1. The second-order valence-electron chi connectivity index (χ2n) is 4.69. The third-order valence-corrected chi connectivity index (χ3v) is 3.11. The monoisotopic (exact) mass is 252 g/mol. The normalized spacial score (nSPS) is 11.1. The molecule has 2 aromatic heterocycles. The maximum absolute atomic E-state index is 5.55. The van der Waals surface area contributed by atoms with Gasteiger partial charge in [-0.15, -0.1) is 0 Å². The predicted molar refractivity (Wildman–Crippen MR) is 75.9 cm³/mol. The Morgan fingerprint density at radius 3 is 2.89 bits per heavy atom. The van der Waals surface area contributed by atoms with E-state index in [9.17, 15) is 0 Å². The molecule has 2 heterocycles. The van der Waals surface area contributed by atoms with Crippen molar-refractivity contribution >= 4 is 5.78 Å². The Hall–Kier alpha value is -2.20. The summed E-state index contributed by atoms with van der Waals surface area (Å²) in [5, 5.41) is 0. The molecule has 2 N–H and O–H groups in total. The van der Waals surface area contributed by atoms with Gasteiger partial charge in [0.2, 0.25) is 5.78 Å². The summed E-state index contributed by atoms with van der Waals surface area (Å²) in [7, 11) is 0. The van der Waals surface area contributed by atoms with Gasteiger partial charge < -0.3 is 5.73 Å². The van der Waals surface area contributed by atoms with Crippen molar-refractivity contribution in [3.8, 4) is 11.1 Å². The Kier molecular flexibility index (Phi) is 3.01. The van der Waals surface area contributed by atoms with Crippen LogP contribution in [0.25, 0.3) is 16.9 Å². The first-order valence-electron chi connectivity index (χ1n) is 6.37. The zero-order valence-electron chi connectivity index (χ0n) is 10.9. The fourth-order valence-corrected chi connectivity index (χ4v) is 2.18. The van der Waals surface area contributed by atoms with Crippen molar-refractivity contribution in [3.63, 3.8) is 0 Å². The molecule has 0 atom stereocenters. The van der Waals surface area contributed by atoms with Gasteiger partial charge in [0.1, 0.15) is 0 Å². The van der Waals surface area contributed by atoms with E-state index in [0.29, 0.717) is 6.54 Å². The Labute approximate surface area is 111 Å². The number of aryl methyl sites for hydroxylation is 1. The van der Waals surface area contributed by atoms with Crippen molar-refractivity contribution in [2.24, 2.45) is 5.73 Å². The molecule has 0 aliphatic rings. The third kappa shape index (κ3) is 2.35. The van der Waals surface area contributed by atoms with Crippen LogP contribution in [0.5, 0.6) is 0 Å². The van der Waals surface area contributed by atoms with Crippen LogP contribution in [0.2, 0.25) is 0 Å². The smallest absolute Gasteiger partial charge is 0.233 e. The molecule has 19 heavy (non-hydrogen) atoms. The molecule has 4 heteroatoms. The summed E-state index contributed by atoms with van der Waals surface area (Å²) in [5.74, 6) is 0.722. The lowest BCUT2D eigenvalue weighted by Gasteiger charge is -2.03. The maximum atomic E-state index is 5.55. The van der Waals surface area contributed by atoms with Gasteiger partial charge in [-0.05, 0) is 19.0 Å². The van der Waals surface area contributed by atoms with Crippen LogP contribution in [0, 0.1) is 6.92 Å². The van der Waals surface area contributed by atoms with Crippen LogP contribution >= 0.6 is 0 Å². The number of nitrogens with two attached hydrogens (primary N) is 1. The number of hydrogen-bond acceptors (Lipinski definition) is 3. The van der Waals surface area contributed by atoms with Gasteiger partial charge in [0.05, 0.1) is 5.69 Å². The molecule has 3 aromatic rings. The van der Waals surface area contributed by atoms with Gasteiger partial charge in [0.25, 0.3) is 0 Å². The molecular formula is C15H16N4. The first-order valence-corrected chi connectivity index (χ1v) is 6.37. The molecule has 3 rings (SSSR count). The van der Waals surface area contributed by atoms with Crippen molar-refractivity contribution in [2.75, 3.05) is 6.54 Å². The lowest BCUT2D eigenvalue weighted by molar-refractivity contribution is 0.936. The first kappa shape index (κ1) is 11.9. The molecule has 0 unspecified atom stereocenters. The highest BCUT2D eigenvalue weighted by atomic mass is 15.1. The minimum Gasteiger partial charge on any atom is -0.330 e. The first-order chi connectivity index (χ1) is 9.26. The summed E-state index contributed by atoms with van der Waals surface area (Å²) >= 11 is 0. The zero-order valence-corrected chi connectivity index (χ0v) is 10.9. The van der Waals surface area contributed by atoms with Crippen LogP contribution in [0.15, 0.2) is 42.9 Å². The van der Waals surface area contributed by atoms with Gasteiger partial charge in [0, 0.05) is 30.6 Å². The highest BCUT2D eigenvalue weighted by Crippen LogP contribution is 2.19. The number of rotatable bonds is 3. The van der Waals surface area contributed by atoms with Crippen LogP contribution in [-0.4, -0.2) is 20.9 Å². The summed E-state index contributed by atoms with van der Waals surface area (Å²) in [6.07, 6.45) is 6.70. The van der Waals surface area contributed by atoms with Gasteiger partial charge >= 0.3 is 0 Å². The molecule has 0 saturated heterocycles. The van der Waals surface area contributed by atoms with E-state index in [0.717, 1.165) is 23.5 Å². The van der Waals surface area contributed by atoms with Gasteiger partial charge in [0.15, 0.2) is 0 Å². The van der Waals surface area contributed by atoms with E-state index in [-0.39, 0.29) is 0 Å². The van der Waals surface area contributed by atoms with Crippen LogP contribution in [-0.2, 0) is 6.42 Å². The fourth-order valence-electron chi connectivity index (χ4n) is 2.18. The Bertz CT molecular complexity index is 715. The molecule has 4 nitrogen and oxygen atoms in total. The van der Waals surface area contributed by atoms with Crippen molar-refractivity contribution in [3.05, 3.63) is 54.1 Å². The molecule has 96 valence electrons. The molecule has 0 fully saturated rings. The van der Waals surface area contributed by atoms with Crippen LogP contribution in [0.3, 0.4) is 0 Å². The molecular weight excluding hydrogens is 236 g/mol. The topological polar surface area (TPSA) is 56.2 Å². The van der Waals surface area contributed by atoms with E-state index in [1.807, 2.05) is 16.8 Å². The lowest BCUT2D eigenvalue weighted by Crippen LogP contribution is -2.02. The van der Waals surface area contributed by atoms with E-state index < -0.39 is 0 Å². The SMILES string of the molecule is Cc1cccc(-c2cnc3nc(CCN)cn3c2)c1. The minimum atomic E-state index is 0.606. The number of nitrogens with zero attached hydrogens (tertiary/aromatic N) is 3. The Morgan fingerprint density at radius 1 is 1.21 bits per heavy atom. The average Bonchev–Trinajstić information content (AvgIpc) is 2.80. The van der Waals surface area contributed by atoms with E-state index >= 15 is 0 Å². The molecule has 1 aromatic carbocycles. The van der Waals surface area contributed by atoms with Crippen molar-refractivity contribution in [2.45, 2.75) is 13.3 Å². The highest BCUT2D eigenvalue weighted by Gasteiger charge is 2.04. The maximum Gasteiger partial charge on any atom is 0.233 e. The van der Waals surface area contributed by atoms with Crippen LogP contribution in [0.4, 0.5) is 0 Å². The van der Waals surface area contributed by atoms with Gasteiger partial charge in [-0.1, -0.05) is 29.8 Å². The number of fused-ring (bicyclic) bond motifs is 1. The Balaban J connectivity index is 2.05. The largest absolute Gasteiger partial charge is 0.330 e.